The summed E-state index contributed by atoms with van der Waals surface area (Å²) in [6.07, 6.45) is 0. The maximum atomic E-state index is 12.3. The van der Waals surface area contributed by atoms with Crippen LogP contribution in [0.25, 0.3) is 0 Å². The van der Waals surface area contributed by atoms with E-state index in [0.29, 0.717) is 6.04 Å². The molecule has 0 radical (unpaired) electrons. The van der Waals surface area contributed by atoms with E-state index in [-0.39, 0.29) is 12.1 Å². The van der Waals surface area contributed by atoms with Crippen LogP contribution < -0.4 is 10.6 Å². The number of urea groups is 1. The summed E-state index contributed by atoms with van der Waals surface area (Å²) in [6, 6.07) is 10.7. The minimum atomic E-state index is 0.0448. The van der Waals surface area contributed by atoms with Crippen molar-refractivity contribution in [3.05, 3.63) is 35.9 Å². The van der Waals surface area contributed by atoms with Gasteiger partial charge in [-0.15, -0.1) is 0 Å². The molecule has 2 atom stereocenters. The van der Waals surface area contributed by atoms with E-state index >= 15 is 0 Å². The zero-order valence-corrected chi connectivity index (χ0v) is 11.9. The smallest absolute Gasteiger partial charge is 0.317 e. The van der Waals surface area contributed by atoms with Gasteiger partial charge in [-0.25, -0.2) is 4.79 Å². The number of amides is 2. The minimum Gasteiger partial charge on any atom is -0.331 e. The first-order valence-corrected chi connectivity index (χ1v) is 7.29. The number of hydrogen-bond acceptors (Lipinski definition) is 3. The number of rotatable bonds is 2. The fourth-order valence-electron chi connectivity index (χ4n) is 2.96. The Labute approximate surface area is 119 Å². The SMILES string of the molecule is C[C@@H](NC(=O)N1CCN2CNCC2C1)c1ccccc1. The lowest BCUT2D eigenvalue weighted by atomic mass is 10.1. The van der Waals surface area contributed by atoms with Gasteiger partial charge in [-0.3, -0.25) is 4.90 Å². The highest BCUT2D eigenvalue weighted by Crippen LogP contribution is 2.15. The second-order valence-corrected chi connectivity index (χ2v) is 5.61. The summed E-state index contributed by atoms with van der Waals surface area (Å²) in [7, 11) is 0. The van der Waals surface area contributed by atoms with Gasteiger partial charge < -0.3 is 15.5 Å². The minimum absolute atomic E-state index is 0.0448. The standard InChI is InChI=1S/C15H22N4O/c1-12(13-5-3-2-4-6-13)17-15(20)18-7-8-19-11-16-9-14(19)10-18/h2-6,12,14,16H,7-11H2,1H3,(H,17,20)/t12-,14?/m1/s1. The predicted molar refractivity (Wildman–Crippen MR) is 78.3 cm³/mol. The number of nitrogens with one attached hydrogen (secondary N) is 2. The number of benzene rings is 1. The molecule has 2 aliphatic rings. The molecule has 0 aliphatic carbocycles. The van der Waals surface area contributed by atoms with E-state index in [1.165, 1.54) is 0 Å². The van der Waals surface area contributed by atoms with E-state index in [2.05, 4.69) is 15.5 Å². The van der Waals surface area contributed by atoms with E-state index in [4.69, 9.17) is 0 Å². The monoisotopic (exact) mass is 274 g/mol. The lowest BCUT2D eigenvalue weighted by Crippen LogP contribution is -2.55. The molecule has 0 aromatic heterocycles. The molecular formula is C15H22N4O. The van der Waals surface area contributed by atoms with Crippen molar-refractivity contribution in [3.63, 3.8) is 0 Å². The van der Waals surface area contributed by atoms with Crippen LogP contribution in [-0.2, 0) is 0 Å². The van der Waals surface area contributed by atoms with Crippen molar-refractivity contribution in [1.82, 2.24) is 20.4 Å². The normalized spacial score (nSPS) is 24.2. The van der Waals surface area contributed by atoms with Crippen molar-refractivity contribution in [2.45, 2.75) is 19.0 Å². The van der Waals surface area contributed by atoms with E-state index in [9.17, 15) is 4.79 Å². The van der Waals surface area contributed by atoms with Crippen LogP contribution in [0.1, 0.15) is 18.5 Å². The second-order valence-electron chi connectivity index (χ2n) is 5.61. The number of piperazine rings is 1. The third-order valence-electron chi connectivity index (χ3n) is 4.23. The van der Waals surface area contributed by atoms with Crippen LogP contribution in [0.2, 0.25) is 0 Å². The van der Waals surface area contributed by atoms with Crippen molar-refractivity contribution >= 4 is 6.03 Å². The van der Waals surface area contributed by atoms with Gasteiger partial charge in [-0.1, -0.05) is 30.3 Å². The molecule has 5 nitrogen and oxygen atoms in total. The van der Waals surface area contributed by atoms with E-state index < -0.39 is 0 Å². The van der Waals surface area contributed by atoms with Crippen LogP contribution in [0.15, 0.2) is 30.3 Å². The fraction of sp³-hybridized carbons (Fsp3) is 0.533. The van der Waals surface area contributed by atoms with Gasteiger partial charge in [0.2, 0.25) is 0 Å². The largest absolute Gasteiger partial charge is 0.331 e. The highest BCUT2D eigenvalue weighted by atomic mass is 16.2. The van der Waals surface area contributed by atoms with E-state index in [1.807, 2.05) is 42.2 Å². The van der Waals surface area contributed by atoms with Crippen LogP contribution in [0.5, 0.6) is 0 Å². The summed E-state index contributed by atoms with van der Waals surface area (Å²) >= 11 is 0. The van der Waals surface area contributed by atoms with Crippen LogP contribution in [0.4, 0.5) is 4.79 Å². The summed E-state index contributed by atoms with van der Waals surface area (Å²) in [5.74, 6) is 0. The molecule has 2 amide bonds. The Bertz CT molecular complexity index is 464. The zero-order valence-electron chi connectivity index (χ0n) is 11.9. The fourth-order valence-corrected chi connectivity index (χ4v) is 2.96. The summed E-state index contributed by atoms with van der Waals surface area (Å²) in [5.41, 5.74) is 1.14. The second kappa shape index (κ2) is 5.81. The van der Waals surface area contributed by atoms with Gasteiger partial charge in [0.15, 0.2) is 0 Å². The maximum Gasteiger partial charge on any atom is 0.317 e. The van der Waals surface area contributed by atoms with Crippen LogP contribution >= 0.6 is 0 Å². The number of carbonyl (C=O) groups excluding carboxylic acids is 1. The van der Waals surface area contributed by atoms with Gasteiger partial charge in [0.25, 0.3) is 0 Å². The Morgan fingerprint density at radius 2 is 2.15 bits per heavy atom. The topological polar surface area (TPSA) is 47.6 Å². The van der Waals surface area contributed by atoms with E-state index in [0.717, 1.165) is 38.4 Å². The quantitative estimate of drug-likeness (QED) is 0.846. The third-order valence-corrected chi connectivity index (χ3v) is 4.23. The van der Waals surface area contributed by atoms with Gasteiger partial charge >= 0.3 is 6.03 Å². The average Bonchev–Trinajstić information content (AvgIpc) is 2.95. The summed E-state index contributed by atoms with van der Waals surface area (Å²) in [5, 5.41) is 6.45. The molecule has 0 bridgehead atoms. The van der Waals surface area contributed by atoms with Crippen LogP contribution in [0, 0.1) is 0 Å². The predicted octanol–water partition coefficient (Wildman–Crippen LogP) is 1.00. The van der Waals surface area contributed by atoms with Gasteiger partial charge in [-0.05, 0) is 12.5 Å². The molecule has 20 heavy (non-hydrogen) atoms. The summed E-state index contributed by atoms with van der Waals surface area (Å²) < 4.78 is 0. The first kappa shape index (κ1) is 13.4. The van der Waals surface area contributed by atoms with Crippen molar-refractivity contribution in [2.75, 3.05) is 32.8 Å². The van der Waals surface area contributed by atoms with Gasteiger partial charge in [0, 0.05) is 38.9 Å². The molecule has 2 heterocycles. The maximum absolute atomic E-state index is 12.3. The molecular weight excluding hydrogens is 252 g/mol. The van der Waals surface area contributed by atoms with Gasteiger partial charge in [0.05, 0.1) is 6.04 Å². The Morgan fingerprint density at radius 1 is 1.35 bits per heavy atom. The Morgan fingerprint density at radius 3 is 2.95 bits per heavy atom. The zero-order chi connectivity index (χ0) is 13.9. The molecule has 0 spiro atoms. The van der Waals surface area contributed by atoms with Crippen molar-refractivity contribution in [3.8, 4) is 0 Å². The Kier molecular flexibility index (Phi) is 3.89. The number of nitrogens with zero attached hydrogens (tertiary/aromatic N) is 2. The highest BCUT2D eigenvalue weighted by Gasteiger charge is 2.32. The molecule has 0 saturated carbocycles. The summed E-state index contributed by atoms with van der Waals surface area (Å²) in [6.45, 7) is 6.57. The molecule has 1 aromatic rings. The molecule has 3 rings (SSSR count). The molecule has 2 saturated heterocycles. The molecule has 1 unspecified atom stereocenters. The van der Waals surface area contributed by atoms with Crippen molar-refractivity contribution in [2.24, 2.45) is 0 Å². The van der Waals surface area contributed by atoms with Gasteiger partial charge in [0.1, 0.15) is 0 Å². The van der Waals surface area contributed by atoms with Crippen LogP contribution in [-0.4, -0.2) is 54.7 Å². The number of hydrogen-bond donors (Lipinski definition) is 2. The number of fused-ring (bicyclic) bond motifs is 1. The molecule has 2 N–H and O–H groups in total. The van der Waals surface area contributed by atoms with Crippen molar-refractivity contribution < 1.29 is 4.79 Å². The average molecular weight is 274 g/mol. The Hall–Kier alpha value is -1.59. The third kappa shape index (κ3) is 2.78. The van der Waals surface area contributed by atoms with Gasteiger partial charge in [-0.2, -0.15) is 0 Å². The first-order chi connectivity index (χ1) is 9.74. The van der Waals surface area contributed by atoms with Crippen molar-refractivity contribution in [1.29, 1.82) is 0 Å². The highest BCUT2D eigenvalue weighted by molar-refractivity contribution is 5.75. The van der Waals surface area contributed by atoms with E-state index in [1.54, 1.807) is 0 Å². The lowest BCUT2D eigenvalue weighted by Gasteiger charge is -2.37. The molecule has 108 valence electrons. The molecule has 2 aliphatic heterocycles. The molecule has 1 aromatic carbocycles. The first-order valence-electron chi connectivity index (χ1n) is 7.29. The Balaban J connectivity index is 1.56. The molecule has 2 fully saturated rings. The molecule has 5 heteroatoms. The summed E-state index contributed by atoms with van der Waals surface area (Å²) in [4.78, 5) is 16.7. The number of carbonyl (C=O) groups is 1. The van der Waals surface area contributed by atoms with Crippen LogP contribution in [0.3, 0.4) is 0 Å². The lowest BCUT2D eigenvalue weighted by molar-refractivity contribution is 0.119.